The molecular formula is C73H134N26O18. The number of carboxylic acid groups (broad SMARTS) is 2. The van der Waals surface area contributed by atoms with Gasteiger partial charge >= 0.3 is 11.9 Å². The van der Waals surface area contributed by atoms with Crippen molar-refractivity contribution in [2.45, 2.75) is 278 Å². The molecule has 14 amide bonds. The van der Waals surface area contributed by atoms with Crippen LogP contribution >= 0.6 is 0 Å². The average Bonchev–Trinajstić information content (AvgIpc) is 0.856. The van der Waals surface area contributed by atoms with Crippen molar-refractivity contribution >= 4 is 118 Å². The van der Waals surface area contributed by atoms with Crippen molar-refractivity contribution < 1.29 is 86.9 Å². The van der Waals surface area contributed by atoms with Crippen molar-refractivity contribution in [1.29, 1.82) is 0 Å². The molecule has 0 rings (SSSR count). The van der Waals surface area contributed by atoms with E-state index in [2.05, 4.69) is 89.1 Å². The number of amides is 14. The number of carbonyl (C=O) groups excluding carboxylic acids is 14. The third-order valence-corrected chi connectivity index (χ3v) is 17.2. The Morgan fingerprint density at radius 3 is 0.641 bits per heavy atom. The smallest absolute Gasteiger partial charge is 0.305 e. The highest BCUT2D eigenvalue weighted by atomic mass is 16.4. The van der Waals surface area contributed by atoms with Gasteiger partial charge in [0.25, 0.3) is 0 Å². The summed E-state index contributed by atoms with van der Waals surface area (Å²) < 4.78 is 0. The number of rotatable bonds is 58. The second-order valence-corrected chi connectivity index (χ2v) is 31.3. The number of aliphatic carboxylic acids is 2. The number of nitrogens with zero attached hydrogens (tertiary/aromatic N) is 4. The van der Waals surface area contributed by atoms with Crippen molar-refractivity contribution in [3.8, 4) is 0 Å². The highest BCUT2D eigenvalue weighted by Crippen LogP contribution is 2.16. The lowest BCUT2D eigenvalue weighted by Gasteiger charge is -2.29. The van der Waals surface area contributed by atoms with Crippen LogP contribution in [0.5, 0.6) is 0 Å². The molecule has 0 aliphatic heterocycles. The van der Waals surface area contributed by atoms with Gasteiger partial charge in [-0.15, -0.1) is 0 Å². The maximum Gasteiger partial charge on any atom is 0.305 e. The third kappa shape index (κ3) is 47.3. The summed E-state index contributed by atoms with van der Waals surface area (Å²) in [6.07, 6.45) is -2.20. The van der Waals surface area contributed by atoms with Gasteiger partial charge in [-0.2, -0.15) is 0 Å². The maximum absolute atomic E-state index is 14.6. The summed E-state index contributed by atoms with van der Waals surface area (Å²) in [5.41, 5.74) is 49.5. The SMILES string of the molecule is CC(=O)N[C@@H](CCCN=C(N)N)C(=O)N[C@@H](CC(C)C)C(=O)N[C@@H](CC(=O)O)C(=O)N[C@@H](CC(C)C)C(=O)N[C@@H](CCCN=C(N)N)C(=O)N[C@@H](CC(C)C)C(=O)N[C@@H](C)C(=O)N[C@@H](CC(C)C)C(=O)N[C@@H](CCCN=C(N)N)C(=O)N[C@@H](CC(C)C)C(=O)N[C@@H](CC(=O)O)C(=O)N[C@@H](CC(C)C)C(=O)N[C@@H](CCCN=C(N)N)C(N)=O. The van der Waals surface area contributed by atoms with Gasteiger partial charge in [-0.25, -0.2) is 0 Å². The quantitative estimate of drug-likeness (QED) is 0.0153. The molecule has 0 bridgehead atoms. The molecule has 0 aromatic carbocycles. The van der Waals surface area contributed by atoms with E-state index in [1.54, 1.807) is 83.1 Å². The van der Waals surface area contributed by atoms with E-state index < -0.39 is 186 Å². The van der Waals surface area contributed by atoms with E-state index in [1.165, 1.54) is 13.8 Å². The molecule has 0 aliphatic rings. The van der Waals surface area contributed by atoms with E-state index in [-0.39, 0.29) is 175 Å². The molecule has 0 saturated heterocycles. The molecular weight excluding hydrogens is 1530 g/mol. The molecule has 0 radical (unpaired) electrons. The second kappa shape index (κ2) is 55.2. The predicted octanol–water partition coefficient (Wildman–Crippen LogP) is -5.75. The first kappa shape index (κ1) is 106. The van der Waals surface area contributed by atoms with Gasteiger partial charge < -0.3 is 131 Å². The summed E-state index contributed by atoms with van der Waals surface area (Å²) in [7, 11) is 0. The Bertz CT molecular complexity index is 3430. The Morgan fingerprint density at radius 1 is 0.248 bits per heavy atom. The lowest BCUT2D eigenvalue weighted by Crippen LogP contribution is -2.61. The molecule has 117 heavy (non-hydrogen) atoms. The molecule has 0 saturated carbocycles. The van der Waals surface area contributed by atoms with Crippen molar-refractivity contribution in [1.82, 2.24) is 69.1 Å². The highest BCUT2D eigenvalue weighted by Gasteiger charge is 2.39. The van der Waals surface area contributed by atoms with Crippen molar-refractivity contribution in [3.05, 3.63) is 0 Å². The van der Waals surface area contributed by atoms with Gasteiger partial charge in [0, 0.05) is 33.1 Å². The predicted molar refractivity (Wildman–Crippen MR) is 437 cm³/mol. The summed E-state index contributed by atoms with van der Waals surface area (Å²) in [6.45, 7) is 23.2. The Balaban J connectivity index is 7.23. The highest BCUT2D eigenvalue weighted by molar-refractivity contribution is 6.01. The van der Waals surface area contributed by atoms with E-state index in [9.17, 15) is 86.9 Å². The summed E-state index contributed by atoms with van der Waals surface area (Å²) in [6, 6.07) is -19.2. The Hall–Kier alpha value is -11.4. The summed E-state index contributed by atoms with van der Waals surface area (Å²) in [5.74, 6) is -18.9. The lowest BCUT2D eigenvalue weighted by molar-refractivity contribution is -0.142. The number of primary amides is 1. The molecule has 13 atom stereocenters. The van der Waals surface area contributed by atoms with Crippen LogP contribution in [0.4, 0.5) is 0 Å². The number of nitrogens with two attached hydrogens (primary N) is 9. The fraction of sp³-hybridized carbons (Fsp3) is 0.726. The minimum Gasteiger partial charge on any atom is -0.481 e. The minimum absolute atomic E-state index is 0.00691. The largest absolute Gasteiger partial charge is 0.481 e. The fourth-order valence-electron chi connectivity index (χ4n) is 11.7. The number of aliphatic imine (C=N–C) groups is 4. The first-order chi connectivity index (χ1) is 54.4. The molecule has 0 aromatic heterocycles. The van der Waals surface area contributed by atoms with E-state index in [0.717, 1.165) is 0 Å². The molecule has 0 spiro atoms. The second-order valence-electron chi connectivity index (χ2n) is 31.3. The van der Waals surface area contributed by atoms with Crippen LogP contribution in [0, 0.1) is 35.5 Å². The number of hydrogen-bond donors (Lipinski definition) is 24. The summed E-state index contributed by atoms with van der Waals surface area (Å²) in [4.78, 5) is 236. The Kier molecular flexibility index (Phi) is 49.8. The first-order valence-electron chi connectivity index (χ1n) is 39.3. The van der Waals surface area contributed by atoms with Crippen LogP contribution in [-0.4, -0.2) is 233 Å². The van der Waals surface area contributed by atoms with Gasteiger partial charge in [0.15, 0.2) is 23.8 Å². The van der Waals surface area contributed by atoms with Gasteiger partial charge in [-0.1, -0.05) is 83.1 Å². The molecule has 33 N–H and O–H groups in total. The van der Waals surface area contributed by atoms with Crippen LogP contribution in [0.2, 0.25) is 0 Å². The topological polar surface area (TPSA) is 754 Å². The number of hydrogen-bond acceptors (Lipinski definition) is 20. The Morgan fingerprint density at radius 2 is 0.427 bits per heavy atom. The normalized spacial score (nSPS) is 14.5. The zero-order valence-electron chi connectivity index (χ0n) is 70.0. The zero-order valence-corrected chi connectivity index (χ0v) is 70.0. The zero-order chi connectivity index (χ0) is 89.7. The first-order valence-corrected chi connectivity index (χ1v) is 39.3. The molecule has 0 aliphatic carbocycles. The van der Waals surface area contributed by atoms with Gasteiger partial charge in [0.2, 0.25) is 82.7 Å². The van der Waals surface area contributed by atoms with Crippen LogP contribution in [0.3, 0.4) is 0 Å². The van der Waals surface area contributed by atoms with Gasteiger partial charge in [0.05, 0.1) is 12.8 Å². The van der Waals surface area contributed by atoms with E-state index in [1.807, 2.05) is 0 Å². The van der Waals surface area contributed by atoms with Gasteiger partial charge in [-0.3, -0.25) is 96.7 Å². The molecule has 0 unspecified atom stereocenters. The third-order valence-electron chi connectivity index (χ3n) is 17.2. The van der Waals surface area contributed by atoms with Crippen molar-refractivity contribution in [3.63, 3.8) is 0 Å². The van der Waals surface area contributed by atoms with E-state index >= 15 is 0 Å². The van der Waals surface area contributed by atoms with Crippen molar-refractivity contribution in [2.24, 2.45) is 107 Å². The number of nitrogens with one attached hydrogen (secondary N) is 13. The molecule has 44 heteroatoms. The standard InChI is InChI=1S/C73H134N26O18/c1-35(2)27-47(93-60(108)45(21-17-25-85-72(79)80)91-65(113)50(30-38(7)8)97-69(117)54(34-56(103)104)98-66(114)51(31-39(9)10)94-59(107)44(88-42(14)100)20-16-24-84-71(77)78)62(110)87-41(13)58(106)92-48(28-36(3)4)64(112)90-46(22-18-26-86-73(81)82)61(109)95-52(32-40(11)12)67(115)99-53(33-55(101)102)68(116)96-49(29-37(5)6)63(111)89-43(57(74)105)19-15-23-83-70(75)76/h35-41,43-54H,15-34H2,1-14H3,(H2,74,105)(H,87,110)(H,88,100)(H,89,111)(H,90,112)(H,91,113)(H,92,106)(H,93,108)(H,94,107)(H,95,109)(H,96,116)(H,97,117)(H,98,114)(H,99,115)(H,101,102)(H,103,104)(H4,75,76,83)(H4,77,78,84)(H4,79,80,85)(H4,81,82,86)/t41-,43-,44-,45-,46-,47-,48-,49-,50-,51-,52-,53-,54-/m0/s1. The molecule has 0 fully saturated rings. The lowest BCUT2D eigenvalue weighted by atomic mass is 9.99. The molecule has 664 valence electrons. The van der Waals surface area contributed by atoms with E-state index in [4.69, 9.17) is 51.6 Å². The summed E-state index contributed by atoms with van der Waals surface area (Å²) >= 11 is 0. The number of guanidine groups is 4. The number of carbonyl (C=O) groups is 16. The molecule has 44 nitrogen and oxygen atoms in total. The van der Waals surface area contributed by atoms with E-state index in [0.29, 0.717) is 0 Å². The monoisotopic (exact) mass is 1660 g/mol. The molecule has 0 aromatic rings. The van der Waals surface area contributed by atoms with Crippen LogP contribution in [0.25, 0.3) is 0 Å². The van der Waals surface area contributed by atoms with Crippen molar-refractivity contribution in [2.75, 3.05) is 26.2 Å². The average molecular weight is 1660 g/mol. The van der Waals surface area contributed by atoms with Gasteiger partial charge in [0.1, 0.15) is 78.5 Å². The summed E-state index contributed by atoms with van der Waals surface area (Å²) in [5, 5.41) is 53.1. The fourth-order valence-corrected chi connectivity index (χ4v) is 11.7. The van der Waals surface area contributed by atoms with Crippen LogP contribution in [0.15, 0.2) is 20.0 Å². The van der Waals surface area contributed by atoms with Crippen LogP contribution < -0.4 is 121 Å². The minimum atomic E-state index is -1.86. The maximum atomic E-state index is 14.6. The number of carboxylic acids is 2. The van der Waals surface area contributed by atoms with Gasteiger partial charge in [-0.05, 0) is 132 Å². The molecule has 0 heterocycles. The van der Waals surface area contributed by atoms with Crippen LogP contribution in [-0.2, 0) is 76.7 Å². The van der Waals surface area contributed by atoms with Crippen LogP contribution in [0.1, 0.15) is 200 Å². The Labute approximate surface area is 683 Å².